The number of nitrogens with zero attached hydrogens (tertiary/aromatic N) is 1. The summed E-state index contributed by atoms with van der Waals surface area (Å²) in [7, 11) is 0. The Morgan fingerprint density at radius 2 is 1.92 bits per heavy atom. The zero-order valence-electron chi connectivity index (χ0n) is 14.3. The number of hydrogen-bond acceptors (Lipinski definition) is 5. The summed E-state index contributed by atoms with van der Waals surface area (Å²) < 4.78 is 6.46. The summed E-state index contributed by atoms with van der Waals surface area (Å²) in [6.07, 6.45) is 6.66. The van der Waals surface area contributed by atoms with E-state index in [1.54, 1.807) is 11.3 Å². The Labute approximate surface area is 155 Å². The van der Waals surface area contributed by atoms with Crippen LogP contribution in [0, 0.1) is 5.92 Å². The fourth-order valence-electron chi connectivity index (χ4n) is 3.51. The van der Waals surface area contributed by atoms with Crippen LogP contribution < -0.4 is 10.9 Å². The lowest BCUT2D eigenvalue weighted by Gasteiger charge is -2.26. The van der Waals surface area contributed by atoms with E-state index < -0.39 is 6.10 Å². The van der Waals surface area contributed by atoms with E-state index in [1.165, 1.54) is 0 Å². The van der Waals surface area contributed by atoms with Crippen LogP contribution in [0.3, 0.4) is 0 Å². The average Bonchev–Trinajstić information content (AvgIpc) is 3.35. The number of ether oxygens (including phenoxy) is 1. The first-order valence-corrected chi connectivity index (χ1v) is 9.76. The maximum atomic E-state index is 12.7. The molecule has 2 N–H and O–H groups in total. The number of carbonyl (C=O) groups is 2. The lowest BCUT2D eigenvalue weighted by atomic mass is 9.83. The van der Waals surface area contributed by atoms with Crippen LogP contribution in [0.4, 0.5) is 0 Å². The fraction of sp³-hybridized carbons (Fsp3) is 0.421. The third kappa shape index (κ3) is 3.50. The summed E-state index contributed by atoms with van der Waals surface area (Å²) in [5, 5.41) is 0.973. The van der Waals surface area contributed by atoms with Crippen LogP contribution in [-0.2, 0) is 14.3 Å². The Morgan fingerprint density at radius 1 is 1.12 bits per heavy atom. The Bertz CT molecular complexity index is 808. The van der Waals surface area contributed by atoms with E-state index in [0.717, 1.165) is 28.1 Å². The van der Waals surface area contributed by atoms with Gasteiger partial charge in [0.2, 0.25) is 5.91 Å². The number of fused-ring (bicyclic) bond motifs is 1. The molecule has 2 amide bonds. The van der Waals surface area contributed by atoms with Gasteiger partial charge < -0.3 is 4.74 Å². The van der Waals surface area contributed by atoms with Crippen LogP contribution in [-0.4, -0.2) is 29.5 Å². The molecule has 1 aliphatic carbocycles. The number of nitrogens with one attached hydrogen (secondary N) is 2. The number of para-hydroxylation sites is 1. The molecule has 136 valence electrons. The number of aromatic nitrogens is 1. The predicted molar refractivity (Wildman–Crippen MR) is 99.5 cm³/mol. The van der Waals surface area contributed by atoms with Gasteiger partial charge in [-0.05, 0) is 37.8 Å². The molecule has 2 heterocycles. The number of carbonyl (C=O) groups excluding carboxylic acids is 2. The van der Waals surface area contributed by atoms with Gasteiger partial charge in [0.05, 0.1) is 21.1 Å². The van der Waals surface area contributed by atoms with Gasteiger partial charge in [0.25, 0.3) is 5.91 Å². The summed E-state index contributed by atoms with van der Waals surface area (Å²) in [6, 6.07) is 8.00. The Morgan fingerprint density at radius 3 is 2.73 bits per heavy atom. The SMILES string of the molecule is O=C(NNC(=O)C1CC=CCC1c1nc2ccccc2s1)C1CCCO1. The quantitative estimate of drug-likeness (QED) is 0.642. The molecule has 2 aromatic rings. The second-order valence-corrected chi connectivity index (χ2v) is 7.72. The molecule has 1 fully saturated rings. The largest absolute Gasteiger partial charge is 0.368 e. The van der Waals surface area contributed by atoms with E-state index in [2.05, 4.69) is 16.9 Å². The number of allylic oxidation sites excluding steroid dienone is 2. The van der Waals surface area contributed by atoms with Gasteiger partial charge in [-0.25, -0.2) is 4.98 Å². The fourth-order valence-corrected chi connectivity index (χ4v) is 4.65. The van der Waals surface area contributed by atoms with Gasteiger partial charge in [-0.15, -0.1) is 11.3 Å². The molecule has 1 aromatic carbocycles. The summed E-state index contributed by atoms with van der Waals surface area (Å²) in [6.45, 7) is 0.596. The number of thiazole rings is 1. The van der Waals surface area contributed by atoms with Gasteiger partial charge in [-0.2, -0.15) is 0 Å². The predicted octanol–water partition coefficient (Wildman–Crippen LogP) is 2.67. The molecule has 4 rings (SSSR count). The highest BCUT2D eigenvalue weighted by atomic mass is 32.1. The molecule has 1 aromatic heterocycles. The topological polar surface area (TPSA) is 80.3 Å². The van der Waals surface area contributed by atoms with Crippen molar-refractivity contribution >= 4 is 33.4 Å². The Hall–Kier alpha value is -2.25. The van der Waals surface area contributed by atoms with Crippen molar-refractivity contribution in [3.05, 3.63) is 41.4 Å². The van der Waals surface area contributed by atoms with Crippen LogP contribution in [0.1, 0.15) is 36.6 Å². The van der Waals surface area contributed by atoms with Gasteiger partial charge in [-0.3, -0.25) is 20.4 Å². The van der Waals surface area contributed by atoms with Crippen LogP contribution in [0.5, 0.6) is 0 Å². The normalized spacial score (nSPS) is 25.3. The molecule has 0 bridgehead atoms. The van der Waals surface area contributed by atoms with Gasteiger partial charge in [0.1, 0.15) is 6.10 Å². The zero-order chi connectivity index (χ0) is 17.9. The zero-order valence-corrected chi connectivity index (χ0v) is 15.1. The second-order valence-electron chi connectivity index (χ2n) is 6.66. The molecule has 6 nitrogen and oxygen atoms in total. The van der Waals surface area contributed by atoms with Crippen LogP contribution in [0.2, 0.25) is 0 Å². The highest BCUT2D eigenvalue weighted by molar-refractivity contribution is 7.18. The Balaban J connectivity index is 1.45. The molecule has 1 aliphatic heterocycles. The van der Waals surface area contributed by atoms with E-state index in [9.17, 15) is 9.59 Å². The van der Waals surface area contributed by atoms with E-state index in [0.29, 0.717) is 19.4 Å². The van der Waals surface area contributed by atoms with Gasteiger partial charge in [0, 0.05) is 12.5 Å². The van der Waals surface area contributed by atoms with Gasteiger partial charge in [0.15, 0.2) is 0 Å². The first kappa shape index (κ1) is 17.2. The monoisotopic (exact) mass is 371 g/mol. The highest BCUT2D eigenvalue weighted by Crippen LogP contribution is 2.38. The van der Waals surface area contributed by atoms with Crippen molar-refractivity contribution in [3.8, 4) is 0 Å². The minimum Gasteiger partial charge on any atom is -0.368 e. The van der Waals surface area contributed by atoms with Crippen LogP contribution in [0.15, 0.2) is 36.4 Å². The van der Waals surface area contributed by atoms with E-state index in [4.69, 9.17) is 9.72 Å². The van der Waals surface area contributed by atoms with Crippen molar-refractivity contribution in [2.75, 3.05) is 6.61 Å². The molecule has 2 aliphatic rings. The van der Waals surface area contributed by atoms with E-state index in [1.807, 2.05) is 30.3 Å². The lowest BCUT2D eigenvalue weighted by molar-refractivity contribution is -0.136. The van der Waals surface area contributed by atoms with Gasteiger partial charge in [-0.1, -0.05) is 24.3 Å². The van der Waals surface area contributed by atoms with E-state index in [-0.39, 0.29) is 23.7 Å². The lowest BCUT2D eigenvalue weighted by Crippen LogP contribution is -2.49. The summed E-state index contributed by atoms with van der Waals surface area (Å²) in [4.78, 5) is 29.4. The maximum absolute atomic E-state index is 12.7. The third-order valence-electron chi connectivity index (χ3n) is 4.93. The molecular formula is C19H21N3O3S. The van der Waals surface area contributed by atoms with Gasteiger partial charge >= 0.3 is 0 Å². The smallest absolute Gasteiger partial charge is 0.267 e. The molecule has 7 heteroatoms. The molecular weight excluding hydrogens is 350 g/mol. The summed E-state index contributed by atoms with van der Waals surface area (Å²) >= 11 is 1.64. The van der Waals surface area contributed by atoms with Crippen molar-refractivity contribution in [1.29, 1.82) is 0 Å². The minimum absolute atomic E-state index is 0.0250. The number of rotatable bonds is 3. The molecule has 26 heavy (non-hydrogen) atoms. The van der Waals surface area contributed by atoms with Crippen molar-refractivity contribution in [3.63, 3.8) is 0 Å². The average molecular weight is 371 g/mol. The molecule has 0 spiro atoms. The standard InChI is InChI=1S/C19H21N3O3S/c23-17(21-22-18(24)15-9-5-11-25-15)12-6-1-2-7-13(12)19-20-14-8-3-4-10-16(14)26-19/h1-4,8,10,12-13,15H,5-7,9,11H2,(H,21,23)(H,22,24). The first-order valence-electron chi connectivity index (χ1n) is 8.94. The number of benzene rings is 1. The van der Waals surface area contributed by atoms with Crippen molar-refractivity contribution < 1.29 is 14.3 Å². The third-order valence-corrected chi connectivity index (χ3v) is 6.10. The minimum atomic E-state index is -0.457. The molecule has 0 saturated carbocycles. The summed E-state index contributed by atoms with van der Waals surface area (Å²) in [5.41, 5.74) is 6.07. The Kier molecular flexibility index (Phi) is 4.99. The number of hydrazine groups is 1. The molecule has 1 saturated heterocycles. The van der Waals surface area contributed by atoms with Crippen molar-refractivity contribution in [2.45, 2.75) is 37.7 Å². The molecule has 3 unspecified atom stereocenters. The number of amides is 2. The van der Waals surface area contributed by atoms with Crippen molar-refractivity contribution in [2.24, 2.45) is 5.92 Å². The van der Waals surface area contributed by atoms with Crippen molar-refractivity contribution in [1.82, 2.24) is 15.8 Å². The maximum Gasteiger partial charge on any atom is 0.267 e. The van der Waals surface area contributed by atoms with Crippen LogP contribution >= 0.6 is 11.3 Å². The van der Waals surface area contributed by atoms with E-state index >= 15 is 0 Å². The second kappa shape index (κ2) is 7.55. The van der Waals surface area contributed by atoms with Crippen LogP contribution in [0.25, 0.3) is 10.2 Å². The molecule has 3 atom stereocenters. The first-order chi connectivity index (χ1) is 12.7. The highest BCUT2D eigenvalue weighted by Gasteiger charge is 2.33. The molecule has 0 radical (unpaired) electrons. The summed E-state index contributed by atoms with van der Waals surface area (Å²) in [5.74, 6) is -0.675. The number of hydrogen-bond donors (Lipinski definition) is 2.